The third-order valence-electron chi connectivity index (χ3n) is 1.93. The fraction of sp³-hybridized carbons (Fsp3) is 0.400. The molecule has 0 radical (unpaired) electrons. The number of carboxylic acids is 1. The van der Waals surface area contributed by atoms with E-state index in [1.54, 1.807) is 0 Å². The highest BCUT2D eigenvalue weighted by Gasteiger charge is 2.15. The van der Waals surface area contributed by atoms with Crippen molar-refractivity contribution in [1.82, 2.24) is 0 Å². The van der Waals surface area contributed by atoms with E-state index in [0.29, 0.717) is 0 Å². The van der Waals surface area contributed by atoms with Crippen LogP contribution < -0.4 is 0 Å². The lowest BCUT2D eigenvalue weighted by Gasteiger charge is -2.04. The van der Waals surface area contributed by atoms with Gasteiger partial charge in [0.05, 0.1) is 0 Å². The first-order valence-corrected chi connectivity index (χ1v) is 4.51. The van der Waals surface area contributed by atoms with Crippen LogP contribution >= 0.6 is 0 Å². The molecule has 1 aromatic heterocycles. The molecule has 0 saturated heterocycles. The Morgan fingerprint density at radius 1 is 1.47 bits per heavy atom. The normalized spacial score (nSPS) is 12.4. The van der Waals surface area contributed by atoms with Gasteiger partial charge in [-0.05, 0) is 18.6 Å². The van der Waals surface area contributed by atoms with Gasteiger partial charge in [-0.2, -0.15) is 0 Å². The Bertz CT molecular complexity index is 366. The van der Waals surface area contributed by atoms with Crippen molar-refractivity contribution in [2.24, 2.45) is 0 Å². The number of ketones is 1. The predicted octanol–water partition coefficient (Wildman–Crippen LogP) is 1.38. The molecule has 5 heteroatoms. The maximum atomic E-state index is 10.9. The minimum absolute atomic E-state index is 0.0696. The average molecular weight is 212 g/mol. The van der Waals surface area contributed by atoms with Gasteiger partial charge in [0.1, 0.15) is 11.9 Å². The van der Waals surface area contributed by atoms with Gasteiger partial charge in [-0.1, -0.05) is 0 Å². The van der Waals surface area contributed by atoms with Crippen LogP contribution in [0, 0.1) is 0 Å². The molecular weight excluding hydrogens is 200 g/mol. The zero-order valence-corrected chi connectivity index (χ0v) is 8.27. The van der Waals surface area contributed by atoms with Gasteiger partial charge in [0, 0.05) is 13.3 Å². The third-order valence-corrected chi connectivity index (χ3v) is 1.93. The van der Waals surface area contributed by atoms with Crippen LogP contribution in [0.25, 0.3) is 0 Å². The van der Waals surface area contributed by atoms with E-state index in [4.69, 9.17) is 9.52 Å². The van der Waals surface area contributed by atoms with Crippen LogP contribution in [0.5, 0.6) is 0 Å². The van der Waals surface area contributed by atoms with Gasteiger partial charge >= 0.3 is 5.97 Å². The van der Waals surface area contributed by atoms with Crippen LogP contribution in [0.4, 0.5) is 0 Å². The van der Waals surface area contributed by atoms with Crippen molar-refractivity contribution in [2.45, 2.75) is 25.9 Å². The van der Waals surface area contributed by atoms with Crippen LogP contribution in [0.3, 0.4) is 0 Å². The summed E-state index contributed by atoms with van der Waals surface area (Å²) in [6.07, 6.45) is -1.05. The van der Waals surface area contributed by atoms with Crippen molar-refractivity contribution in [3.8, 4) is 0 Å². The zero-order chi connectivity index (χ0) is 11.4. The lowest BCUT2D eigenvalue weighted by Crippen LogP contribution is -2.01. The number of carboxylic acid groups (broad SMARTS) is 1. The maximum absolute atomic E-state index is 10.9. The topological polar surface area (TPSA) is 87.7 Å². The van der Waals surface area contributed by atoms with Crippen LogP contribution in [0.2, 0.25) is 0 Å². The second-order valence-corrected chi connectivity index (χ2v) is 3.21. The highest BCUT2D eigenvalue weighted by molar-refractivity contribution is 5.91. The highest BCUT2D eigenvalue weighted by atomic mass is 16.4. The van der Waals surface area contributed by atoms with Gasteiger partial charge in [-0.15, -0.1) is 0 Å². The fourth-order valence-electron chi connectivity index (χ4n) is 1.12. The molecule has 0 spiro atoms. The molecular formula is C10H12O5. The molecule has 15 heavy (non-hydrogen) atoms. The second kappa shape index (κ2) is 4.75. The van der Waals surface area contributed by atoms with Gasteiger partial charge < -0.3 is 14.6 Å². The molecule has 0 saturated carbocycles. The SMILES string of the molecule is CC(=O)c1ccc(C(O)CCC(=O)O)o1. The molecule has 0 amide bonds. The Morgan fingerprint density at radius 3 is 2.60 bits per heavy atom. The van der Waals surface area contributed by atoms with Crippen molar-refractivity contribution >= 4 is 11.8 Å². The molecule has 1 rings (SSSR count). The monoisotopic (exact) mass is 212 g/mol. The number of furan rings is 1. The number of hydrogen-bond donors (Lipinski definition) is 2. The predicted molar refractivity (Wildman–Crippen MR) is 50.5 cm³/mol. The largest absolute Gasteiger partial charge is 0.481 e. The molecule has 0 aliphatic heterocycles. The number of aliphatic carboxylic acids is 1. The van der Waals surface area contributed by atoms with E-state index in [2.05, 4.69) is 0 Å². The van der Waals surface area contributed by atoms with Crippen LogP contribution in [0.15, 0.2) is 16.5 Å². The molecule has 0 bridgehead atoms. The third kappa shape index (κ3) is 3.21. The fourth-order valence-corrected chi connectivity index (χ4v) is 1.12. The second-order valence-electron chi connectivity index (χ2n) is 3.21. The Kier molecular flexibility index (Phi) is 3.62. The minimum Gasteiger partial charge on any atom is -0.481 e. The first-order valence-electron chi connectivity index (χ1n) is 4.51. The summed E-state index contributed by atoms with van der Waals surface area (Å²) in [6, 6.07) is 2.94. The van der Waals surface area contributed by atoms with Crippen LogP contribution in [-0.4, -0.2) is 22.0 Å². The Morgan fingerprint density at radius 2 is 2.13 bits per heavy atom. The lowest BCUT2D eigenvalue weighted by molar-refractivity contribution is -0.137. The summed E-state index contributed by atoms with van der Waals surface area (Å²) >= 11 is 0. The van der Waals surface area contributed by atoms with Crippen molar-refractivity contribution < 1.29 is 24.2 Å². The van der Waals surface area contributed by atoms with Gasteiger partial charge in [0.15, 0.2) is 11.5 Å². The molecule has 5 nitrogen and oxygen atoms in total. The van der Waals surface area contributed by atoms with Gasteiger partial charge in [-0.25, -0.2) is 0 Å². The van der Waals surface area contributed by atoms with Crippen LogP contribution in [-0.2, 0) is 4.79 Å². The zero-order valence-electron chi connectivity index (χ0n) is 8.27. The molecule has 1 heterocycles. The van der Waals surface area contributed by atoms with E-state index in [1.165, 1.54) is 19.1 Å². The first kappa shape index (κ1) is 11.5. The molecule has 0 aliphatic carbocycles. The standard InChI is InChI=1S/C10H12O5/c1-6(11)8-3-4-9(15-8)7(12)2-5-10(13)14/h3-4,7,12H,2,5H2,1H3,(H,13,14). The van der Waals surface area contributed by atoms with E-state index < -0.39 is 12.1 Å². The number of Topliss-reactive ketones (excluding diaryl/α,β-unsaturated/α-hetero) is 1. The molecule has 1 unspecified atom stereocenters. The van der Waals surface area contributed by atoms with Crippen molar-refractivity contribution in [3.05, 3.63) is 23.7 Å². The van der Waals surface area contributed by atoms with E-state index in [0.717, 1.165) is 0 Å². The maximum Gasteiger partial charge on any atom is 0.303 e. The number of rotatable bonds is 5. The molecule has 1 atom stereocenters. The van der Waals surface area contributed by atoms with E-state index >= 15 is 0 Å². The smallest absolute Gasteiger partial charge is 0.303 e. The highest BCUT2D eigenvalue weighted by Crippen LogP contribution is 2.20. The summed E-state index contributed by atoms with van der Waals surface area (Å²) in [5.74, 6) is -0.820. The van der Waals surface area contributed by atoms with E-state index in [-0.39, 0.29) is 30.1 Å². The number of hydrogen-bond acceptors (Lipinski definition) is 4. The van der Waals surface area contributed by atoms with Gasteiger partial charge in [-0.3, -0.25) is 9.59 Å². The quantitative estimate of drug-likeness (QED) is 0.720. The number of aliphatic hydroxyl groups is 1. The van der Waals surface area contributed by atoms with E-state index in [9.17, 15) is 14.7 Å². The van der Waals surface area contributed by atoms with Crippen molar-refractivity contribution in [3.63, 3.8) is 0 Å². The summed E-state index contributed by atoms with van der Waals surface area (Å²) in [6.45, 7) is 1.35. The van der Waals surface area contributed by atoms with Crippen molar-refractivity contribution in [2.75, 3.05) is 0 Å². The summed E-state index contributed by atoms with van der Waals surface area (Å²) in [7, 11) is 0. The van der Waals surface area contributed by atoms with Crippen LogP contribution in [0.1, 0.15) is 42.2 Å². The molecule has 0 aliphatic rings. The summed E-state index contributed by atoms with van der Waals surface area (Å²) in [5, 5.41) is 17.9. The van der Waals surface area contributed by atoms with Gasteiger partial charge in [0.2, 0.25) is 0 Å². The molecule has 0 aromatic carbocycles. The summed E-state index contributed by atoms with van der Waals surface area (Å²) in [5.41, 5.74) is 0. The number of aliphatic hydroxyl groups excluding tert-OH is 1. The Hall–Kier alpha value is -1.62. The lowest BCUT2D eigenvalue weighted by atomic mass is 10.1. The number of carbonyl (C=O) groups excluding carboxylic acids is 1. The average Bonchev–Trinajstić information content (AvgIpc) is 2.62. The Labute approximate surface area is 86.3 Å². The minimum atomic E-state index is -0.979. The Balaban J connectivity index is 2.61. The van der Waals surface area contributed by atoms with Gasteiger partial charge in [0.25, 0.3) is 0 Å². The molecule has 1 aromatic rings. The molecule has 0 fully saturated rings. The van der Waals surface area contributed by atoms with Crippen molar-refractivity contribution in [1.29, 1.82) is 0 Å². The molecule has 82 valence electrons. The summed E-state index contributed by atoms with van der Waals surface area (Å²) in [4.78, 5) is 21.1. The summed E-state index contributed by atoms with van der Waals surface area (Å²) < 4.78 is 5.05. The first-order chi connectivity index (χ1) is 7.00. The number of carbonyl (C=O) groups is 2. The van der Waals surface area contributed by atoms with E-state index in [1.807, 2.05) is 0 Å². The molecule has 2 N–H and O–H groups in total.